The number of rotatable bonds is 3. The van der Waals surface area contributed by atoms with Gasteiger partial charge in [-0.2, -0.15) is 5.10 Å². The molecular formula is C14H13N3O3. The molecule has 1 aliphatic rings. The molecule has 1 atom stereocenters. The van der Waals surface area contributed by atoms with E-state index in [2.05, 4.69) is 15.5 Å². The first kappa shape index (κ1) is 12.4. The van der Waals surface area contributed by atoms with E-state index in [-0.39, 0.29) is 17.6 Å². The molecular weight excluding hydrogens is 258 g/mol. The van der Waals surface area contributed by atoms with Gasteiger partial charge >= 0.3 is 0 Å². The fraction of sp³-hybridized carbons (Fsp3) is 0.214. The van der Waals surface area contributed by atoms with Gasteiger partial charge < -0.3 is 10.4 Å². The topological polar surface area (TPSA) is 95.1 Å². The maximum atomic E-state index is 12.2. The zero-order valence-corrected chi connectivity index (χ0v) is 10.6. The number of aromatic nitrogens is 2. The average molecular weight is 271 g/mol. The number of carbonyl (C=O) groups excluding carboxylic acids is 2. The van der Waals surface area contributed by atoms with Gasteiger partial charge in [0, 0.05) is 12.0 Å². The van der Waals surface area contributed by atoms with Gasteiger partial charge in [0.05, 0.1) is 11.8 Å². The molecule has 1 heterocycles. The molecule has 0 radical (unpaired) electrons. The monoisotopic (exact) mass is 271 g/mol. The van der Waals surface area contributed by atoms with E-state index in [9.17, 15) is 14.7 Å². The van der Waals surface area contributed by atoms with Crippen molar-refractivity contribution in [2.45, 2.75) is 12.8 Å². The minimum atomic E-state index is -0.242. The molecule has 1 aliphatic carbocycles. The Morgan fingerprint density at radius 3 is 2.95 bits per heavy atom. The van der Waals surface area contributed by atoms with E-state index in [4.69, 9.17) is 0 Å². The molecule has 3 rings (SSSR count). The third-order valence-corrected chi connectivity index (χ3v) is 3.60. The number of phenols is 1. The molecule has 3 N–H and O–H groups in total. The van der Waals surface area contributed by atoms with Crippen LogP contribution in [0.25, 0.3) is 0 Å². The molecule has 102 valence electrons. The standard InChI is InChI=1S/C14H13N3O3/c18-7-11-10-6-9(5-8(10)1-2-12(11)19)14(20)16-13-3-4-15-17-13/h1-4,7,9,19H,5-6H2,(H2,15,16,17,20). The number of nitrogens with one attached hydrogen (secondary N) is 2. The Kier molecular flexibility index (Phi) is 2.98. The fourth-order valence-electron chi connectivity index (χ4n) is 2.59. The molecule has 0 saturated heterocycles. The van der Waals surface area contributed by atoms with Crippen LogP contribution in [-0.2, 0) is 17.6 Å². The molecule has 1 aromatic carbocycles. The van der Waals surface area contributed by atoms with E-state index < -0.39 is 0 Å². The Morgan fingerprint density at radius 2 is 2.25 bits per heavy atom. The van der Waals surface area contributed by atoms with Crippen LogP contribution in [0.15, 0.2) is 24.4 Å². The van der Waals surface area contributed by atoms with Crippen LogP contribution >= 0.6 is 0 Å². The summed E-state index contributed by atoms with van der Waals surface area (Å²) in [6.07, 6.45) is 3.22. The molecule has 1 unspecified atom stereocenters. The van der Waals surface area contributed by atoms with Gasteiger partial charge in [-0.15, -0.1) is 0 Å². The fourth-order valence-corrected chi connectivity index (χ4v) is 2.59. The second-order valence-electron chi connectivity index (χ2n) is 4.82. The quantitative estimate of drug-likeness (QED) is 0.733. The van der Waals surface area contributed by atoms with Gasteiger partial charge in [0.2, 0.25) is 5.91 Å². The summed E-state index contributed by atoms with van der Waals surface area (Å²) in [7, 11) is 0. The van der Waals surface area contributed by atoms with Crippen molar-refractivity contribution < 1.29 is 14.7 Å². The van der Waals surface area contributed by atoms with Crippen molar-refractivity contribution >= 4 is 18.0 Å². The first-order chi connectivity index (χ1) is 9.69. The van der Waals surface area contributed by atoms with Gasteiger partial charge in [-0.05, 0) is 30.0 Å². The van der Waals surface area contributed by atoms with Crippen molar-refractivity contribution in [3.8, 4) is 5.75 Å². The number of hydrogen-bond acceptors (Lipinski definition) is 4. The molecule has 0 spiro atoms. The molecule has 0 bridgehead atoms. The molecule has 1 amide bonds. The Labute approximate surface area is 114 Å². The highest BCUT2D eigenvalue weighted by molar-refractivity contribution is 5.93. The molecule has 0 saturated carbocycles. The minimum absolute atomic E-state index is 0.0339. The van der Waals surface area contributed by atoms with Crippen LogP contribution in [0.5, 0.6) is 5.75 Å². The number of aldehydes is 1. The lowest BCUT2D eigenvalue weighted by molar-refractivity contribution is -0.119. The van der Waals surface area contributed by atoms with E-state index in [0.29, 0.717) is 30.5 Å². The molecule has 2 aromatic rings. The minimum Gasteiger partial charge on any atom is -0.507 e. The molecule has 6 nitrogen and oxygen atoms in total. The van der Waals surface area contributed by atoms with E-state index in [0.717, 1.165) is 11.1 Å². The number of amides is 1. The number of anilines is 1. The van der Waals surface area contributed by atoms with Crippen molar-refractivity contribution in [2.24, 2.45) is 5.92 Å². The summed E-state index contributed by atoms with van der Waals surface area (Å²) in [6, 6.07) is 4.93. The maximum absolute atomic E-state index is 12.2. The normalized spacial score (nSPS) is 16.7. The maximum Gasteiger partial charge on any atom is 0.229 e. The molecule has 20 heavy (non-hydrogen) atoms. The van der Waals surface area contributed by atoms with Gasteiger partial charge in [-0.1, -0.05) is 6.07 Å². The smallest absolute Gasteiger partial charge is 0.229 e. The molecule has 0 fully saturated rings. The van der Waals surface area contributed by atoms with Crippen LogP contribution in [0, 0.1) is 5.92 Å². The zero-order valence-electron chi connectivity index (χ0n) is 10.6. The first-order valence-corrected chi connectivity index (χ1v) is 6.28. The highest BCUT2D eigenvalue weighted by Crippen LogP contribution is 2.33. The Morgan fingerprint density at radius 1 is 1.40 bits per heavy atom. The van der Waals surface area contributed by atoms with Gasteiger partial charge in [0.1, 0.15) is 11.6 Å². The first-order valence-electron chi connectivity index (χ1n) is 6.28. The Hall–Kier alpha value is -2.63. The van der Waals surface area contributed by atoms with Crippen molar-refractivity contribution in [2.75, 3.05) is 5.32 Å². The van der Waals surface area contributed by atoms with Crippen LogP contribution in [0.1, 0.15) is 21.5 Å². The van der Waals surface area contributed by atoms with Crippen LogP contribution in [0.4, 0.5) is 5.82 Å². The molecule has 6 heteroatoms. The number of fused-ring (bicyclic) bond motifs is 1. The van der Waals surface area contributed by atoms with Gasteiger partial charge in [0.15, 0.2) is 6.29 Å². The van der Waals surface area contributed by atoms with Crippen molar-refractivity contribution in [3.05, 3.63) is 41.1 Å². The van der Waals surface area contributed by atoms with Crippen LogP contribution in [0.3, 0.4) is 0 Å². The number of H-pyrrole nitrogens is 1. The summed E-state index contributed by atoms with van der Waals surface area (Å²) in [5, 5.41) is 18.8. The number of phenolic OH excluding ortho intramolecular Hbond substituents is 1. The number of benzene rings is 1. The van der Waals surface area contributed by atoms with Crippen molar-refractivity contribution in [1.29, 1.82) is 0 Å². The second-order valence-corrected chi connectivity index (χ2v) is 4.82. The number of aromatic amines is 1. The highest BCUT2D eigenvalue weighted by atomic mass is 16.3. The number of hydrogen-bond donors (Lipinski definition) is 3. The number of nitrogens with zero attached hydrogens (tertiary/aromatic N) is 1. The third-order valence-electron chi connectivity index (χ3n) is 3.60. The Balaban J connectivity index is 1.80. The second kappa shape index (κ2) is 4.80. The van der Waals surface area contributed by atoms with Gasteiger partial charge in [-0.3, -0.25) is 14.7 Å². The highest BCUT2D eigenvalue weighted by Gasteiger charge is 2.30. The predicted octanol–water partition coefficient (Wildman–Crippen LogP) is 1.28. The summed E-state index contributed by atoms with van der Waals surface area (Å²) in [5.41, 5.74) is 2.00. The molecule has 0 aliphatic heterocycles. The summed E-state index contributed by atoms with van der Waals surface area (Å²) in [6.45, 7) is 0. The largest absolute Gasteiger partial charge is 0.507 e. The number of aromatic hydroxyl groups is 1. The summed E-state index contributed by atoms with van der Waals surface area (Å²) < 4.78 is 0. The summed E-state index contributed by atoms with van der Waals surface area (Å²) in [4.78, 5) is 23.2. The van der Waals surface area contributed by atoms with E-state index in [1.165, 1.54) is 6.07 Å². The van der Waals surface area contributed by atoms with Crippen LogP contribution in [0.2, 0.25) is 0 Å². The third kappa shape index (κ3) is 2.05. The van der Waals surface area contributed by atoms with Crippen molar-refractivity contribution in [1.82, 2.24) is 10.2 Å². The summed E-state index contributed by atoms with van der Waals surface area (Å²) in [5.74, 6) is 0.147. The summed E-state index contributed by atoms with van der Waals surface area (Å²) >= 11 is 0. The zero-order chi connectivity index (χ0) is 14.1. The van der Waals surface area contributed by atoms with Crippen LogP contribution in [-0.4, -0.2) is 27.5 Å². The SMILES string of the molecule is O=Cc1c(O)ccc2c1CC(C(=O)Nc1ccn[nH]1)C2. The lowest BCUT2D eigenvalue weighted by Gasteiger charge is -2.08. The van der Waals surface area contributed by atoms with Gasteiger partial charge in [0.25, 0.3) is 0 Å². The van der Waals surface area contributed by atoms with E-state index >= 15 is 0 Å². The molecule has 1 aromatic heterocycles. The van der Waals surface area contributed by atoms with Crippen LogP contribution < -0.4 is 5.32 Å². The Bertz CT molecular complexity index is 665. The predicted molar refractivity (Wildman–Crippen MR) is 71.6 cm³/mol. The number of carbonyl (C=O) groups is 2. The average Bonchev–Trinajstić information content (AvgIpc) is 3.07. The van der Waals surface area contributed by atoms with Crippen molar-refractivity contribution in [3.63, 3.8) is 0 Å². The van der Waals surface area contributed by atoms with E-state index in [1.54, 1.807) is 18.3 Å². The lowest BCUT2D eigenvalue weighted by atomic mass is 10.0. The van der Waals surface area contributed by atoms with E-state index in [1.807, 2.05) is 0 Å². The lowest BCUT2D eigenvalue weighted by Crippen LogP contribution is -2.23. The van der Waals surface area contributed by atoms with Gasteiger partial charge in [-0.25, -0.2) is 0 Å².